The van der Waals surface area contributed by atoms with Crippen LogP contribution in [-0.2, 0) is 21.0 Å². The first-order chi connectivity index (χ1) is 4.42. The largest absolute Gasteiger partial charge is 1.00 e. The summed E-state index contributed by atoms with van der Waals surface area (Å²) < 4.78 is 50.7. The average Bonchev–Trinajstić information content (AvgIpc) is 1.59. The molecule has 62 valence electrons. The second-order valence-electron chi connectivity index (χ2n) is 1.43. The van der Waals surface area contributed by atoms with Crippen LogP contribution in [-0.4, -0.2) is 33.7 Å². The molecule has 0 saturated carbocycles. The van der Waals surface area contributed by atoms with Crippen LogP contribution in [0.2, 0.25) is 0 Å². The molecule has 0 amide bonds. The van der Waals surface area contributed by atoms with Crippen molar-refractivity contribution in [1.82, 2.24) is 4.72 Å². The topological polar surface area (TPSA) is 103 Å². The molecule has 0 aliphatic rings. The smallest absolute Gasteiger partial charge is 0.748 e. The van der Waals surface area contributed by atoms with Gasteiger partial charge in [0.25, 0.3) is 0 Å². The van der Waals surface area contributed by atoms with E-state index in [1.165, 1.54) is 0 Å². The summed E-state index contributed by atoms with van der Waals surface area (Å²) in [5.74, 6) is -0.712. The molecule has 1 N–H and O–H groups in total. The maximum absolute atomic E-state index is 9.82. The van der Waals surface area contributed by atoms with E-state index in [9.17, 15) is 21.4 Å². The summed E-state index contributed by atoms with van der Waals surface area (Å²) in [5.41, 5.74) is 0. The van der Waals surface area contributed by atoms with E-state index in [2.05, 4.69) is 0 Å². The Hall–Kier alpha value is 0.820. The molecule has 0 rings (SSSR count). The van der Waals surface area contributed by atoms with Crippen molar-refractivity contribution in [1.29, 1.82) is 0 Å². The summed E-state index contributed by atoms with van der Waals surface area (Å²) in [4.78, 5) is 0. The van der Waals surface area contributed by atoms with Crippen molar-refractivity contribution in [3.63, 3.8) is 0 Å². The van der Waals surface area contributed by atoms with Crippen LogP contribution >= 0.6 is 0 Å². The van der Waals surface area contributed by atoms with Gasteiger partial charge in [0, 0.05) is 6.54 Å². The summed E-state index contributed by atoms with van der Waals surface area (Å²) >= 11 is 0. The van der Waals surface area contributed by atoms with Gasteiger partial charge in [-0.05, 0) is 0 Å². The van der Waals surface area contributed by atoms with Gasteiger partial charge >= 0.3 is 29.6 Å². The first-order valence-corrected chi connectivity index (χ1v) is 4.99. The van der Waals surface area contributed by atoms with Gasteiger partial charge < -0.3 is 4.55 Å². The van der Waals surface area contributed by atoms with Crippen LogP contribution in [0.1, 0.15) is 0 Å². The molecule has 0 unspecified atom stereocenters. The minimum Gasteiger partial charge on any atom is -0.748 e. The van der Waals surface area contributed by atoms with Crippen molar-refractivity contribution < 1.29 is 50.9 Å². The van der Waals surface area contributed by atoms with Crippen molar-refractivity contribution in [3.8, 4) is 0 Å². The van der Waals surface area contributed by atoms with Gasteiger partial charge in [-0.1, -0.05) is 0 Å². The number of rotatable bonds is 4. The van der Waals surface area contributed by atoms with Crippen LogP contribution < -0.4 is 34.3 Å². The zero-order chi connectivity index (χ0) is 8.20. The Bertz CT molecular complexity index is 248. The molecular formula is C2H6NNaO5S2. The molecule has 11 heavy (non-hydrogen) atoms. The van der Waals surface area contributed by atoms with Crippen LogP contribution in [0.15, 0.2) is 0 Å². The molecule has 0 heterocycles. The predicted molar refractivity (Wildman–Crippen MR) is 32.9 cm³/mol. The van der Waals surface area contributed by atoms with Gasteiger partial charge in [-0.3, -0.25) is 0 Å². The molecular weight excluding hydrogens is 205 g/mol. The number of nitrogens with one attached hydrogen (secondary N) is 1. The maximum atomic E-state index is 9.82. The Morgan fingerprint density at radius 3 is 2.09 bits per heavy atom. The van der Waals surface area contributed by atoms with Gasteiger partial charge in [-0.25, -0.2) is 21.6 Å². The normalized spacial score (nSPS) is 11.1. The van der Waals surface area contributed by atoms with Crippen molar-refractivity contribution in [2.24, 2.45) is 0 Å². The minimum absolute atomic E-state index is 0. The summed E-state index contributed by atoms with van der Waals surface area (Å²) in [6.45, 7) is -0.357. The van der Waals surface area contributed by atoms with E-state index >= 15 is 0 Å². The molecule has 0 spiro atoms. The standard InChI is InChI=1S/C2H7NO5S2.Na/c4-9(5)3-1-2-10(6,7)8;/h9H,1-2H2,(H,3,4,5)(H,6,7,8);/q;+1/p-1. The summed E-state index contributed by atoms with van der Waals surface area (Å²) in [6.07, 6.45) is 0. The number of hydrogen-bond donors (Lipinski definition) is 2. The third-order valence-electron chi connectivity index (χ3n) is 0.593. The van der Waals surface area contributed by atoms with Gasteiger partial charge in [0.1, 0.15) is 0 Å². The van der Waals surface area contributed by atoms with E-state index in [-0.39, 0.29) is 36.1 Å². The molecule has 0 fully saturated rings. The van der Waals surface area contributed by atoms with E-state index in [1.807, 2.05) is 0 Å². The van der Waals surface area contributed by atoms with E-state index < -0.39 is 26.8 Å². The monoisotopic (exact) mass is 211 g/mol. The first-order valence-electron chi connectivity index (χ1n) is 2.23. The molecule has 0 aromatic rings. The summed E-state index contributed by atoms with van der Waals surface area (Å²) in [6, 6.07) is 0. The molecule has 0 aliphatic heterocycles. The van der Waals surface area contributed by atoms with Gasteiger partial charge in [-0.2, -0.15) is 0 Å². The molecule has 0 radical (unpaired) electrons. The number of hydrogen-bond acceptors (Lipinski definition) is 5. The molecule has 0 aliphatic carbocycles. The fraction of sp³-hybridized carbons (Fsp3) is 1.00. The van der Waals surface area contributed by atoms with Crippen LogP contribution in [0.5, 0.6) is 0 Å². The second kappa shape index (κ2) is 6.35. The van der Waals surface area contributed by atoms with Crippen LogP contribution in [0.4, 0.5) is 0 Å². The third-order valence-corrected chi connectivity index (χ3v) is 1.78. The van der Waals surface area contributed by atoms with E-state index in [4.69, 9.17) is 0 Å². The van der Waals surface area contributed by atoms with Crippen molar-refractivity contribution >= 4 is 21.0 Å². The van der Waals surface area contributed by atoms with Gasteiger partial charge in [0.2, 0.25) is 10.9 Å². The molecule has 0 atom stereocenters. The average molecular weight is 211 g/mol. The summed E-state index contributed by atoms with van der Waals surface area (Å²) in [5, 5.41) is 0. The fourth-order valence-electron chi connectivity index (χ4n) is 0.262. The Labute approximate surface area is 88.5 Å². The second-order valence-corrected chi connectivity index (χ2v) is 3.78. The van der Waals surface area contributed by atoms with Crippen molar-refractivity contribution in [2.45, 2.75) is 0 Å². The van der Waals surface area contributed by atoms with Gasteiger partial charge in [-0.15, -0.1) is 0 Å². The molecule has 0 aromatic heterocycles. The Morgan fingerprint density at radius 2 is 1.82 bits per heavy atom. The molecule has 9 heteroatoms. The number of thiol groups is 1. The van der Waals surface area contributed by atoms with Crippen molar-refractivity contribution in [2.75, 3.05) is 12.3 Å². The Morgan fingerprint density at radius 1 is 1.36 bits per heavy atom. The van der Waals surface area contributed by atoms with Crippen LogP contribution in [0.3, 0.4) is 0 Å². The van der Waals surface area contributed by atoms with E-state index in [1.54, 1.807) is 4.72 Å². The molecule has 0 aromatic carbocycles. The molecule has 0 saturated heterocycles. The zero-order valence-corrected chi connectivity index (χ0v) is 9.52. The molecule has 0 bridgehead atoms. The SMILES string of the molecule is O=[SH](=O)NCCS(=O)(=O)[O-].[Na+]. The quantitative estimate of drug-likeness (QED) is 0.274. The Balaban J connectivity index is 0. The minimum atomic E-state index is -4.30. The van der Waals surface area contributed by atoms with E-state index in [0.29, 0.717) is 0 Å². The maximum Gasteiger partial charge on any atom is 1.00 e. The van der Waals surface area contributed by atoms with Crippen LogP contribution in [0.25, 0.3) is 0 Å². The Kier molecular flexibility index (Phi) is 8.28. The van der Waals surface area contributed by atoms with Crippen LogP contribution in [0, 0.1) is 0 Å². The third kappa shape index (κ3) is 13.8. The molecule has 6 nitrogen and oxygen atoms in total. The zero-order valence-electron chi connectivity index (χ0n) is 5.81. The fourth-order valence-corrected chi connectivity index (χ4v) is 1.06. The van der Waals surface area contributed by atoms with Crippen molar-refractivity contribution in [3.05, 3.63) is 0 Å². The van der Waals surface area contributed by atoms with E-state index in [0.717, 1.165) is 0 Å². The van der Waals surface area contributed by atoms with Gasteiger partial charge in [0.15, 0.2) is 0 Å². The summed E-state index contributed by atoms with van der Waals surface area (Å²) in [7, 11) is -7.11. The van der Waals surface area contributed by atoms with Gasteiger partial charge in [0.05, 0.1) is 15.9 Å². The first kappa shape index (κ1) is 14.3. The predicted octanol–water partition coefficient (Wildman–Crippen LogP) is -5.35.